The minimum atomic E-state index is -1.55. The summed E-state index contributed by atoms with van der Waals surface area (Å²) in [6.07, 6.45) is 3.26. The molecule has 1 N–H and O–H groups in total. The molecule has 0 saturated heterocycles. The zero-order chi connectivity index (χ0) is 21.1. The van der Waals surface area contributed by atoms with Gasteiger partial charge < -0.3 is 9.84 Å². The van der Waals surface area contributed by atoms with Crippen LogP contribution < -0.4 is 0 Å². The molecule has 0 radical (unpaired) electrons. The second-order valence-corrected chi connectivity index (χ2v) is 9.47. The summed E-state index contributed by atoms with van der Waals surface area (Å²) in [5.41, 5.74) is -1.49. The van der Waals surface area contributed by atoms with E-state index in [0.717, 1.165) is 12.8 Å². The van der Waals surface area contributed by atoms with Crippen LogP contribution in [0.15, 0.2) is 23.6 Å². The SMILES string of the molecule is CCC(=O)O[C@@H]1CC[C@H]2[C@@H]3C[C@H](F)C4=C(F)C(=O)C=C[C@]4(C)[C@H]3[C@@H](O)C[C@]12CC. The largest absolute Gasteiger partial charge is 0.462 e. The normalized spacial score (nSPS) is 46.2. The van der Waals surface area contributed by atoms with Crippen molar-refractivity contribution >= 4 is 11.8 Å². The first-order valence-corrected chi connectivity index (χ1v) is 10.8. The van der Waals surface area contributed by atoms with Gasteiger partial charge >= 0.3 is 5.97 Å². The van der Waals surface area contributed by atoms with Crippen molar-refractivity contribution in [2.24, 2.45) is 28.6 Å². The smallest absolute Gasteiger partial charge is 0.305 e. The molecule has 4 rings (SSSR count). The van der Waals surface area contributed by atoms with Gasteiger partial charge in [0.05, 0.1) is 6.10 Å². The van der Waals surface area contributed by atoms with E-state index in [1.165, 1.54) is 6.08 Å². The number of esters is 1. The predicted molar refractivity (Wildman–Crippen MR) is 103 cm³/mol. The molecule has 29 heavy (non-hydrogen) atoms. The first-order valence-electron chi connectivity index (χ1n) is 10.8. The summed E-state index contributed by atoms with van der Waals surface area (Å²) in [6.45, 7) is 5.55. The van der Waals surface area contributed by atoms with Gasteiger partial charge in [-0.1, -0.05) is 26.8 Å². The van der Waals surface area contributed by atoms with E-state index in [9.17, 15) is 19.1 Å². The van der Waals surface area contributed by atoms with Crippen LogP contribution in [0.5, 0.6) is 0 Å². The van der Waals surface area contributed by atoms with Gasteiger partial charge in [-0.05, 0) is 50.0 Å². The third kappa shape index (κ3) is 2.77. The summed E-state index contributed by atoms with van der Waals surface area (Å²) >= 11 is 0. The number of hydrogen-bond donors (Lipinski definition) is 1. The monoisotopic (exact) mass is 408 g/mol. The van der Waals surface area contributed by atoms with Crippen molar-refractivity contribution in [1.29, 1.82) is 0 Å². The maximum atomic E-state index is 15.3. The van der Waals surface area contributed by atoms with Gasteiger partial charge in [-0.15, -0.1) is 0 Å². The van der Waals surface area contributed by atoms with Crippen molar-refractivity contribution in [1.82, 2.24) is 0 Å². The first kappa shape index (κ1) is 20.7. The van der Waals surface area contributed by atoms with E-state index in [4.69, 9.17) is 4.74 Å². The number of ether oxygens (including phenoxy) is 1. The predicted octanol–water partition coefficient (Wildman–Crippen LogP) is 4.22. The average molecular weight is 408 g/mol. The van der Waals surface area contributed by atoms with Gasteiger partial charge in [-0.3, -0.25) is 9.59 Å². The van der Waals surface area contributed by atoms with Crippen molar-refractivity contribution in [2.45, 2.75) is 77.7 Å². The molecule has 0 amide bonds. The van der Waals surface area contributed by atoms with E-state index in [1.807, 2.05) is 6.92 Å². The molecule has 160 valence electrons. The highest BCUT2D eigenvalue weighted by atomic mass is 19.1. The summed E-state index contributed by atoms with van der Waals surface area (Å²) in [7, 11) is 0. The van der Waals surface area contributed by atoms with Crippen molar-refractivity contribution in [3.8, 4) is 0 Å². The lowest BCUT2D eigenvalue weighted by Gasteiger charge is -2.59. The summed E-state index contributed by atoms with van der Waals surface area (Å²) in [5, 5.41) is 11.3. The van der Waals surface area contributed by atoms with E-state index < -0.39 is 29.3 Å². The van der Waals surface area contributed by atoms with E-state index in [2.05, 4.69) is 0 Å². The van der Waals surface area contributed by atoms with E-state index >= 15 is 4.39 Å². The molecule has 0 heterocycles. The van der Waals surface area contributed by atoms with Crippen molar-refractivity contribution < 1.29 is 28.2 Å². The Hall–Kier alpha value is -1.56. The molecule has 4 aliphatic carbocycles. The molecule has 3 saturated carbocycles. The fourth-order valence-corrected chi connectivity index (χ4v) is 7.23. The molecule has 8 atom stereocenters. The molecule has 3 fully saturated rings. The summed E-state index contributed by atoms with van der Waals surface area (Å²) < 4.78 is 35.7. The lowest BCUT2D eigenvalue weighted by Crippen LogP contribution is -2.59. The second-order valence-electron chi connectivity index (χ2n) is 9.47. The van der Waals surface area contributed by atoms with Gasteiger partial charge in [0, 0.05) is 28.7 Å². The van der Waals surface area contributed by atoms with Gasteiger partial charge in [0.25, 0.3) is 0 Å². The number of allylic oxidation sites excluding steroid dienone is 4. The van der Waals surface area contributed by atoms with Crippen molar-refractivity contribution in [2.75, 3.05) is 0 Å². The zero-order valence-electron chi connectivity index (χ0n) is 17.3. The quantitative estimate of drug-likeness (QED) is 0.710. The zero-order valence-corrected chi connectivity index (χ0v) is 17.3. The van der Waals surface area contributed by atoms with Crippen LogP contribution in [0.3, 0.4) is 0 Å². The number of fused-ring (bicyclic) bond motifs is 5. The Labute approximate surface area is 170 Å². The molecule has 0 aromatic rings. The third-order valence-electron chi connectivity index (χ3n) is 8.42. The molecule has 4 aliphatic rings. The average Bonchev–Trinajstić information content (AvgIpc) is 3.03. The Morgan fingerprint density at radius 1 is 1.34 bits per heavy atom. The molecule has 6 heteroatoms. The van der Waals surface area contributed by atoms with Crippen LogP contribution in [0.4, 0.5) is 8.78 Å². The lowest BCUT2D eigenvalue weighted by molar-refractivity contribution is -0.173. The van der Waals surface area contributed by atoms with Crippen LogP contribution in [0.2, 0.25) is 0 Å². The molecular weight excluding hydrogens is 378 g/mol. The molecule has 0 unspecified atom stereocenters. The first-order chi connectivity index (χ1) is 13.7. The Morgan fingerprint density at radius 3 is 2.72 bits per heavy atom. The third-order valence-corrected chi connectivity index (χ3v) is 8.42. The molecule has 0 spiro atoms. The van der Waals surface area contributed by atoms with E-state index in [1.54, 1.807) is 19.9 Å². The van der Waals surface area contributed by atoms with Crippen LogP contribution in [0.25, 0.3) is 0 Å². The fraction of sp³-hybridized carbons (Fsp3) is 0.739. The Bertz CT molecular complexity index is 790. The lowest BCUT2D eigenvalue weighted by atomic mass is 9.46. The number of hydrogen-bond acceptors (Lipinski definition) is 4. The fourth-order valence-electron chi connectivity index (χ4n) is 7.23. The van der Waals surface area contributed by atoms with Gasteiger partial charge in [0.15, 0.2) is 5.83 Å². The van der Waals surface area contributed by atoms with Crippen molar-refractivity contribution in [3.63, 3.8) is 0 Å². The van der Waals surface area contributed by atoms with Crippen molar-refractivity contribution in [3.05, 3.63) is 23.6 Å². The van der Waals surface area contributed by atoms with Gasteiger partial charge in [-0.2, -0.15) is 0 Å². The highest BCUT2D eigenvalue weighted by Crippen LogP contribution is 2.66. The number of carbonyl (C=O) groups is 2. The van der Waals surface area contributed by atoms with Gasteiger partial charge in [-0.25, -0.2) is 8.78 Å². The van der Waals surface area contributed by atoms with E-state index in [0.29, 0.717) is 19.3 Å². The number of alkyl halides is 1. The Kier molecular flexibility index (Phi) is 5.00. The van der Waals surface area contributed by atoms with Crippen LogP contribution >= 0.6 is 0 Å². The Morgan fingerprint density at radius 2 is 2.07 bits per heavy atom. The Balaban J connectivity index is 1.75. The molecule has 4 nitrogen and oxygen atoms in total. The summed E-state index contributed by atoms with van der Waals surface area (Å²) in [5.74, 6) is -2.45. The molecule has 0 aromatic heterocycles. The van der Waals surface area contributed by atoms with Crippen LogP contribution in [0.1, 0.15) is 59.3 Å². The minimum Gasteiger partial charge on any atom is -0.462 e. The number of halogens is 2. The maximum Gasteiger partial charge on any atom is 0.305 e. The van der Waals surface area contributed by atoms with Crippen LogP contribution in [-0.2, 0) is 14.3 Å². The topological polar surface area (TPSA) is 63.6 Å². The maximum absolute atomic E-state index is 15.3. The molecule has 0 bridgehead atoms. The number of ketones is 1. The molecular formula is C23H30F2O4. The van der Waals surface area contributed by atoms with E-state index in [-0.39, 0.29) is 47.2 Å². The number of carbonyl (C=O) groups excluding carboxylic acids is 2. The number of aliphatic hydroxyl groups excluding tert-OH is 1. The van der Waals surface area contributed by atoms with Crippen LogP contribution in [0, 0.1) is 28.6 Å². The highest BCUT2D eigenvalue weighted by Gasteiger charge is 2.65. The molecule has 0 aliphatic heterocycles. The van der Waals surface area contributed by atoms with Gasteiger partial charge in [0.2, 0.25) is 5.78 Å². The number of rotatable bonds is 3. The summed E-state index contributed by atoms with van der Waals surface area (Å²) in [6, 6.07) is 0. The summed E-state index contributed by atoms with van der Waals surface area (Å²) in [4.78, 5) is 23.8. The van der Waals surface area contributed by atoms with Crippen LogP contribution in [-0.4, -0.2) is 35.2 Å². The minimum absolute atomic E-state index is 0.0961. The second kappa shape index (κ2) is 7.00. The molecule has 0 aromatic carbocycles. The number of aliphatic hydroxyl groups is 1. The van der Waals surface area contributed by atoms with Gasteiger partial charge in [0.1, 0.15) is 12.3 Å². The standard InChI is InChI=1S/C23H30F2O4/c1-4-18(28)29-17-7-6-13-12-10-14(24)20-21(25)15(26)8-9-22(20,3)19(12)16(27)11-23(13,17)5-2/h8-9,12-14,16-17,19,27H,4-7,10-11H2,1-3H3/t12-,13-,14-,16-,17+,19+,22+,23-/m0/s1. The highest BCUT2D eigenvalue weighted by molar-refractivity contribution is 6.04.